The smallest absolute Gasteiger partial charge is 0.270 e. The highest BCUT2D eigenvalue weighted by atomic mass is 32.2. The highest BCUT2D eigenvalue weighted by Gasteiger charge is 2.46. The van der Waals surface area contributed by atoms with Crippen molar-refractivity contribution in [3.63, 3.8) is 0 Å². The zero-order valence-electron chi connectivity index (χ0n) is 30.3. The van der Waals surface area contributed by atoms with E-state index in [1.54, 1.807) is 20.0 Å². The van der Waals surface area contributed by atoms with Crippen LogP contribution in [0.4, 0.5) is 0 Å². The van der Waals surface area contributed by atoms with E-state index in [2.05, 4.69) is 25.9 Å². The number of hydrogen-bond donors (Lipinski definition) is 4. The van der Waals surface area contributed by atoms with Gasteiger partial charge in [0.25, 0.3) is 5.91 Å². The number of piperidine rings is 1. The van der Waals surface area contributed by atoms with Crippen LogP contribution in [0.2, 0.25) is 0 Å². The molecule has 6 atom stereocenters. The summed E-state index contributed by atoms with van der Waals surface area (Å²) in [6.45, 7) is 11.2. The summed E-state index contributed by atoms with van der Waals surface area (Å²) in [4.78, 5) is 43.3. The predicted octanol–water partition coefficient (Wildman–Crippen LogP) is 2.53. The van der Waals surface area contributed by atoms with Gasteiger partial charge in [0, 0.05) is 31.9 Å². The van der Waals surface area contributed by atoms with Crippen molar-refractivity contribution in [3.8, 4) is 0 Å². The Labute approximate surface area is 291 Å². The number of fused-ring (bicyclic) bond motifs is 1. The van der Waals surface area contributed by atoms with E-state index in [9.17, 15) is 27.9 Å². The number of aliphatic hydroxyl groups is 1. The average Bonchev–Trinajstić information content (AvgIpc) is 3.35. The molecule has 1 aliphatic heterocycles. The van der Waals surface area contributed by atoms with E-state index < -0.39 is 56.2 Å². The van der Waals surface area contributed by atoms with Gasteiger partial charge in [-0.1, -0.05) is 49.6 Å². The summed E-state index contributed by atoms with van der Waals surface area (Å²) in [5.41, 5.74) is 1.20. The van der Waals surface area contributed by atoms with E-state index in [-0.39, 0.29) is 24.6 Å². The number of sulfone groups is 1. The van der Waals surface area contributed by atoms with Crippen molar-refractivity contribution < 1.29 is 27.9 Å². The number of amides is 3. The highest BCUT2D eigenvalue weighted by molar-refractivity contribution is 7.92. The standard InChI is InChI=1S/C36H56N6O6S/c1-23-18-28(41(7)40-23)32(44)38-31(36(5,6)49(8,47)48)34(46)37-27(19-24-14-10-9-11-15-24)30(43)22-42-21-26-17-13-12-16-25(26)20-29(42)33(45)39-35(2,3)4/h9-11,14-15,18,25-27,29-31,43H,12-13,16-17,19-22H2,1-8H3,(H,37,46)(H,38,44)(H,39,45). The maximum Gasteiger partial charge on any atom is 0.270 e. The molecule has 3 amide bonds. The molecule has 1 aromatic heterocycles. The van der Waals surface area contributed by atoms with Crippen LogP contribution in [-0.4, -0.2) is 99.8 Å². The monoisotopic (exact) mass is 700 g/mol. The van der Waals surface area contributed by atoms with Gasteiger partial charge < -0.3 is 21.1 Å². The van der Waals surface area contributed by atoms with Crippen molar-refractivity contribution in [2.75, 3.05) is 19.3 Å². The molecule has 1 aliphatic carbocycles. The summed E-state index contributed by atoms with van der Waals surface area (Å²) in [5, 5.41) is 24.9. The van der Waals surface area contributed by atoms with Crippen molar-refractivity contribution in [2.45, 2.75) is 115 Å². The fourth-order valence-corrected chi connectivity index (χ4v) is 7.80. The van der Waals surface area contributed by atoms with Crippen molar-refractivity contribution in [1.29, 1.82) is 0 Å². The van der Waals surface area contributed by atoms with Crippen LogP contribution in [0.1, 0.15) is 88.5 Å². The molecular weight excluding hydrogens is 644 g/mol. The maximum absolute atomic E-state index is 14.2. The summed E-state index contributed by atoms with van der Waals surface area (Å²) < 4.78 is 25.7. The second-order valence-electron chi connectivity index (χ2n) is 15.7. The molecular formula is C36H56N6O6S. The Balaban J connectivity index is 1.64. The van der Waals surface area contributed by atoms with Gasteiger partial charge in [0.15, 0.2) is 9.84 Å². The topological polar surface area (TPSA) is 163 Å². The molecule has 1 saturated heterocycles. The molecule has 4 N–H and O–H groups in total. The first-order valence-electron chi connectivity index (χ1n) is 17.4. The number of nitrogens with zero attached hydrogens (tertiary/aromatic N) is 3. The summed E-state index contributed by atoms with van der Waals surface area (Å²) in [5.74, 6) is -0.592. The van der Waals surface area contributed by atoms with Gasteiger partial charge in [-0.25, -0.2) is 8.42 Å². The molecule has 2 fully saturated rings. The van der Waals surface area contributed by atoms with Crippen molar-refractivity contribution in [1.82, 2.24) is 30.6 Å². The third-order valence-corrected chi connectivity index (χ3v) is 12.4. The quantitative estimate of drug-likeness (QED) is 0.263. The zero-order chi connectivity index (χ0) is 36.3. The van der Waals surface area contributed by atoms with Crippen LogP contribution in [0.25, 0.3) is 0 Å². The number of β-amino-alcohol motifs (C(OH)–C–C–N with tert-alkyl or cyclic N) is 1. The largest absolute Gasteiger partial charge is 0.390 e. The van der Waals surface area contributed by atoms with Gasteiger partial charge >= 0.3 is 0 Å². The minimum absolute atomic E-state index is 0.0737. The van der Waals surface area contributed by atoms with Crippen LogP contribution in [0, 0.1) is 18.8 Å². The lowest BCUT2D eigenvalue weighted by molar-refractivity contribution is -0.133. The Kier molecular flexibility index (Phi) is 12.0. The summed E-state index contributed by atoms with van der Waals surface area (Å²) >= 11 is 0. The van der Waals surface area contributed by atoms with Gasteiger partial charge in [-0.2, -0.15) is 5.10 Å². The average molecular weight is 701 g/mol. The molecule has 2 aliphatic rings. The molecule has 4 rings (SSSR count). The molecule has 0 spiro atoms. The number of rotatable bonds is 12. The third-order valence-electron chi connectivity index (χ3n) is 10.2. The Morgan fingerprint density at radius 3 is 2.22 bits per heavy atom. The number of aliphatic hydroxyl groups excluding tert-OH is 1. The van der Waals surface area contributed by atoms with Gasteiger partial charge in [0.05, 0.1) is 28.6 Å². The van der Waals surface area contributed by atoms with E-state index in [0.29, 0.717) is 30.5 Å². The first-order valence-corrected chi connectivity index (χ1v) is 19.3. The lowest BCUT2D eigenvalue weighted by Gasteiger charge is -2.47. The number of aryl methyl sites for hydroxylation is 2. The lowest BCUT2D eigenvalue weighted by Crippen LogP contribution is -2.64. The Bertz CT molecular complexity index is 1580. The van der Waals surface area contributed by atoms with Gasteiger partial charge in [-0.05, 0) is 84.3 Å². The minimum Gasteiger partial charge on any atom is -0.390 e. The molecule has 1 saturated carbocycles. The van der Waals surface area contributed by atoms with E-state index >= 15 is 0 Å². The van der Waals surface area contributed by atoms with Crippen LogP contribution in [0.5, 0.6) is 0 Å². The molecule has 1 aromatic carbocycles. The second kappa shape index (κ2) is 15.3. The van der Waals surface area contributed by atoms with Gasteiger partial charge in [0.2, 0.25) is 11.8 Å². The Morgan fingerprint density at radius 2 is 1.65 bits per heavy atom. The number of benzene rings is 1. The van der Waals surface area contributed by atoms with Crippen LogP contribution < -0.4 is 16.0 Å². The molecule has 13 heteroatoms. The Hall–Kier alpha value is -3.29. The summed E-state index contributed by atoms with van der Waals surface area (Å²) in [6.07, 6.45) is 5.33. The molecule has 49 heavy (non-hydrogen) atoms. The van der Waals surface area contributed by atoms with Gasteiger partial charge in [-0.15, -0.1) is 0 Å². The van der Waals surface area contributed by atoms with E-state index in [1.165, 1.54) is 18.5 Å². The van der Waals surface area contributed by atoms with E-state index in [0.717, 1.165) is 37.5 Å². The zero-order valence-corrected chi connectivity index (χ0v) is 31.1. The number of nitrogens with one attached hydrogen (secondary N) is 3. The van der Waals surface area contributed by atoms with Crippen LogP contribution in [-0.2, 0) is 32.9 Å². The molecule has 2 aromatic rings. The SMILES string of the molecule is Cc1cc(C(=O)NC(C(=O)NC(Cc2ccccc2)C(O)CN2CC3CCCCC3CC2C(=O)NC(C)(C)C)C(C)(C)S(C)(=O)=O)n(C)n1. The lowest BCUT2D eigenvalue weighted by atomic mass is 9.72. The summed E-state index contributed by atoms with van der Waals surface area (Å²) in [6, 6.07) is 8.16. The van der Waals surface area contributed by atoms with E-state index in [4.69, 9.17) is 0 Å². The number of carbonyl (C=O) groups is 3. The van der Waals surface area contributed by atoms with Crippen LogP contribution in [0.3, 0.4) is 0 Å². The molecule has 0 radical (unpaired) electrons. The maximum atomic E-state index is 14.2. The molecule has 6 unspecified atom stereocenters. The molecule has 2 heterocycles. The number of aromatic nitrogens is 2. The number of hydrogen-bond acceptors (Lipinski definition) is 8. The fourth-order valence-electron chi connectivity index (χ4n) is 7.21. The van der Waals surface area contributed by atoms with Gasteiger partial charge in [0.1, 0.15) is 11.7 Å². The fraction of sp³-hybridized carbons (Fsp3) is 0.667. The third kappa shape index (κ3) is 9.70. The van der Waals surface area contributed by atoms with E-state index in [1.807, 2.05) is 51.1 Å². The van der Waals surface area contributed by atoms with Crippen molar-refractivity contribution >= 4 is 27.6 Å². The predicted molar refractivity (Wildman–Crippen MR) is 190 cm³/mol. The molecule has 0 bridgehead atoms. The van der Waals surface area contributed by atoms with Crippen LogP contribution in [0.15, 0.2) is 36.4 Å². The normalized spacial score (nSPS) is 22.3. The Morgan fingerprint density at radius 1 is 1.02 bits per heavy atom. The minimum atomic E-state index is -3.87. The van der Waals surface area contributed by atoms with Crippen molar-refractivity contribution in [3.05, 3.63) is 53.3 Å². The molecule has 272 valence electrons. The van der Waals surface area contributed by atoms with Crippen LogP contribution >= 0.6 is 0 Å². The summed E-state index contributed by atoms with van der Waals surface area (Å²) in [7, 11) is -2.28. The second-order valence-corrected chi connectivity index (χ2v) is 18.3. The number of likely N-dealkylation sites (tertiary alicyclic amines) is 1. The van der Waals surface area contributed by atoms with Crippen molar-refractivity contribution in [2.24, 2.45) is 18.9 Å². The highest BCUT2D eigenvalue weighted by Crippen LogP contribution is 2.39. The number of carbonyl (C=O) groups excluding carboxylic acids is 3. The van der Waals surface area contributed by atoms with Gasteiger partial charge in [-0.3, -0.25) is 24.0 Å². The first kappa shape index (κ1) is 38.5. The first-order chi connectivity index (χ1) is 22.8. The molecule has 12 nitrogen and oxygen atoms in total.